The lowest BCUT2D eigenvalue weighted by Crippen LogP contribution is -2.38. The monoisotopic (exact) mass is 386 g/mol. The van der Waals surface area contributed by atoms with E-state index in [1.54, 1.807) is 32.1 Å². The Kier molecular flexibility index (Phi) is 6.23. The van der Waals surface area contributed by atoms with E-state index in [4.69, 9.17) is 9.47 Å². The molecule has 0 unspecified atom stereocenters. The average molecular weight is 386 g/mol. The molecule has 0 aromatic heterocycles. The van der Waals surface area contributed by atoms with Gasteiger partial charge in [-0.3, -0.25) is 4.79 Å². The molecular formula is C22H23FO5. The van der Waals surface area contributed by atoms with Gasteiger partial charge in [-0.1, -0.05) is 6.08 Å². The third-order valence-electron chi connectivity index (χ3n) is 4.22. The van der Waals surface area contributed by atoms with E-state index in [-0.39, 0.29) is 17.1 Å². The van der Waals surface area contributed by atoms with E-state index in [0.29, 0.717) is 5.75 Å². The molecule has 0 spiro atoms. The summed E-state index contributed by atoms with van der Waals surface area (Å²) in [5.41, 5.74) is 1.10. The fourth-order valence-electron chi connectivity index (χ4n) is 2.63. The number of aryl methyl sites for hydroxylation is 2. The van der Waals surface area contributed by atoms with Crippen molar-refractivity contribution in [1.29, 1.82) is 0 Å². The van der Waals surface area contributed by atoms with Gasteiger partial charge in [-0.15, -0.1) is 0 Å². The molecule has 1 N–H and O–H groups in total. The van der Waals surface area contributed by atoms with Crippen LogP contribution in [0, 0.1) is 19.7 Å². The quantitative estimate of drug-likeness (QED) is 0.557. The van der Waals surface area contributed by atoms with E-state index in [0.717, 1.165) is 22.8 Å². The Hall–Kier alpha value is -3.15. The normalized spacial score (nSPS) is 11.5. The summed E-state index contributed by atoms with van der Waals surface area (Å²) in [7, 11) is 1.36. The minimum Gasteiger partial charge on any atom is -0.494 e. The van der Waals surface area contributed by atoms with Crippen molar-refractivity contribution in [3.63, 3.8) is 0 Å². The standard InChI is InChI=1S/C22H23FO5/c1-13-10-15(11-14(2)20(13)28-22(3,4)21(25)26)6-8-18(24)16-7-9-19(27-5)17(23)12-16/h6-12H,1-5H3,(H,25,26)/b8-6+. The summed E-state index contributed by atoms with van der Waals surface area (Å²) in [5.74, 6) is -1.44. The predicted octanol–water partition coefficient (Wildman–Crippen LogP) is 4.59. The summed E-state index contributed by atoms with van der Waals surface area (Å²) in [4.78, 5) is 23.6. The van der Waals surface area contributed by atoms with E-state index in [1.165, 1.54) is 39.2 Å². The second-order valence-corrected chi connectivity index (χ2v) is 6.95. The Labute approximate surface area is 163 Å². The number of benzene rings is 2. The number of hydrogen-bond donors (Lipinski definition) is 1. The minimum absolute atomic E-state index is 0.0756. The molecule has 2 aromatic rings. The van der Waals surface area contributed by atoms with Gasteiger partial charge in [-0.05, 0) is 80.8 Å². The van der Waals surface area contributed by atoms with Crippen molar-refractivity contribution >= 4 is 17.8 Å². The fourth-order valence-corrected chi connectivity index (χ4v) is 2.63. The third-order valence-corrected chi connectivity index (χ3v) is 4.22. The molecule has 0 atom stereocenters. The lowest BCUT2D eigenvalue weighted by atomic mass is 10.0. The maximum Gasteiger partial charge on any atom is 0.347 e. The Morgan fingerprint density at radius 3 is 2.21 bits per heavy atom. The van der Waals surface area contributed by atoms with Crippen LogP contribution in [0.25, 0.3) is 6.08 Å². The molecule has 0 aliphatic heterocycles. The van der Waals surface area contributed by atoms with Gasteiger partial charge in [0.15, 0.2) is 23.0 Å². The summed E-state index contributed by atoms with van der Waals surface area (Å²) in [6.07, 6.45) is 2.98. The van der Waals surface area contributed by atoms with E-state index >= 15 is 0 Å². The van der Waals surface area contributed by atoms with E-state index in [1.807, 2.05) is 0 Å². The molecule has 2 aromatic carbocycles. The molecule has 0 fully saturated rings. The maximum absolute atomic E-state index is 13.8. The SMILES string of the molecule is COc1ccc(C(=O)/C=C/c2cc(C)c(OC(C)(C)C(=O)O)c(C)c2)cc1F. The van der Waals surface area contributed by atoms with Gasteiger partial charge < -0.3 is 14.6 Å². The van der Waals surface area contributed by atoms with Crippen LogP contribution in [0.1, 0.15) is 40.9 Å². The van der Waals surface area contributed by atoms with E-state index < -0.39 is 17.4 Å². The zero-order valence-corrected chi connectivity index (χ0v) is 16.5. The molecule has 2 rings (SSSR count). The van der Waals surface area contributed by atoms with Crippen LogP contribution < -0.4 is 9.47 Å². The van der Waals surface area contributed by atoms with Crippen LogP contribution in [-0.4, -0.2) is 29.6 Å². The summed E-state index contributed by atoms with van der Waals surface area (Å²) in [6.45, 7) is 6.57. The number of carbonyl (C=O) groups is 2. The highest BCUT2D eigenvalue weighted by Crippen LogP contribution is 2.29. The average Bonchev–Trinajstić information content (AvgIpc) is 2.62. The number of rotatable bonds is 7. The van der Waals surface area contributed by atoms with Crippen molar-refractivity contribution < 1.29 is 28.6 Å². The Bertz CT molecular complexity index is 921. The molecule has 0 aliphatic rings. The molecule has 28 heavy (non-hydrogen) atoms. The zero-order chi connectivity index (χ0) is 21.1. The molecular weight excluding hydrogens is 363 g/mol. The van der Waals surface area contributed by atoms with Crippen molar-refractivity contribution in [2.45, 2.75) is 33.3 Å². The van der Waals surface area contributed by atoms with Crippen molar-refractivity contribution in [3.8, 4) is 11.5 Å². The Morgan fingerprint density at radius 1 is 1.11 bits per heavy atom. The molecule has 5 nitrogen and oxygen atoms in total. The number of ketones is 1. The van der Waals surface area contributed by atoms with Crippen LogP contribution in [0.4, 0.5) is 4.39 Å². The van der Waals surface area contributed by atoms with E-state index in [9.17, 15) is 19.1 Å². The Balaban J connectivity index is 2.24. The number of allylic oxidation sites excluding steroid dienone is 1. The lowest BCUT2D eigenvalue weighted by Gasteiger charge is -2.24. The molecule has 0 aliphatic carbocycles. The third kappa shape index (κ3) is 4.76. The number of aliphatic carboxylic acids is 1. The molecule has 0 amide bonds. The molecule has 0 saturated carbocycles. The second kappa shape index (κ2) is 8.25. The number of halogens is 1. The summed E-state index contributed by atoms with van der Waals surface area (Å²) < 4.78 is 24.3. The zero-order valence-electron chi connectivity index (χ0n) is 16.5. The number of carboxylic acids is 1. The summed E-state index contributed by atoms with van der Waals surface area (Å²) in [5, 5.41) is 9.24. The van der Waals surface area contributed by atoms with Gasteiger partial charge in [-0.2, -0.15) is 0 Å². The van der Waals surface area contributed by atoms with Gasteiger partial charge in [0.05, 0.1) is 7.11 Å². The first-order valence-corrected chi connectivity index (χ1v) is 8.64. The van der Waals surface area contributed by atoms with Crippen LogP contribution in [0.2, 0.25) is 0 Å². The maximum atomic E-state index is 13.8. The molecule has 0 radical (unpaired) electrons. The van der Waals surface area contributed by atoms with Crippen molar-refractivity contribution in [3.05, 3.63) is 64.5 Å². The minimum atomic E-state index is -1.36. The molecule has 0 saturated heterocycles. The van der Waals surface area contributed by atoms with Crippen LogP contribution >= 0.6 is 0 Å². The van der Waals surface area contributed by atoms with Gasteiger partial charge >= 0.3 is 5.97 Å². The molecule has 148 valence electrons. The van der Waals surface area contributed by atoms with Crippen molar-refractivity contribution in [2.75, 3.05) is 7.11 Å². The first-order chi connectivity index (χ1) is 13.0. The smallest absolute Gasteiger partial charge is 0.347 e. The Morgan fingerprint density at radius 2 is 1.71 bits per heavy atom. The van der Waals surface area contributed by atoms with Crippen LogP contribution in [0.15, 0.2) is 36.4 Å². The highest BCUT2D eigenvalue weighted by Gasteiger charge is 2.30. The van der Waals surface area contributed by atoms with E-state index in [2.05, 4.69) is 0 Å². The second-order valence-electron chi connectivity index (χ2n) is 6.95. The van der Waals surface area contributed by atoms with Gasteiger partial charge in [0.25, 0.3) is 0 Å². The fraction of sp³-hybridized carbons (Fsp3) is 0.273. The van der Waals surface area contributed by atoms with Gasteiger partial charge in [0.1, 0.15) is 5.75 Å². The number of methoxy groups -OCH3 is 1. The topological polar surface area (TPSA) is 72.8 Å². The molecule has 0 bridgehead atoms. The summed E-state index contributed by atoms with van der Waals surface area (Å²) >= 11 is 0. The number of hydrogen-bond acceptors (Lipinski definition) is 4. The van der Waals surface area contributed by atoms with Gasteiger partial charge in [-0.25, -0.2) is 9.18 Å². The van der Waals surface area contributed by atoms with Crippen LogP contribution in [-0.2, 0) is 4.79 Å². The highest BCUT2D eigenvalue weighted by molar-refractivity contribution is 6.06. The van der Waals surface area contributed by atoms with Crippen LogP contribution in [0.3, 0.4) is 0 Å². The lowest BCUT2D eigenvalue weighted by molar-refractivity contribution is -0.152. The first-order valence-electron chi connectivity index (χ1n) is 8.64. The highest BCUT2D eigenvalue weighted by atomic mass is 19.1. The largest absolute Gasteiger partial charge is 0.494 e. The molecule has 6 heteroatoms. The first kappa shape index (κ1) is 21.2. The number of carbonyl (C=O) groups excluding carboxylic acids is 1. The summed E-state index contributed by atoms with van der Waals surface area (Å²) in [6, 6.07) is 7.61. The van der Waals surface area contributed by atoms with Gasteiger partial charge in [0, 0.05) is 5.56 Å². The van der Waals surface area contributed by atoms with Gasteiger partial charge in [0.2, 0.25) is 0 Å². The number of carboxylic acid groups (broad SMARTS) is 1. The predicted molar refractivity (Wildman–Crippen MR) is 105 cm³/mol. The van der Waals surface area contributed by atoms with Crippen LogP contribution in [0.5, 0.6) is 11.5 Å². The van der Waals surface area contributed by atoms with Crippen molar-refractivity contribution in [2.24, 2.45) is 0 Å². The number of ether oxygens (including phenoxy) is 2. The van der Waals surface area contributed by atoms with Crippen molar-refractivity contribution in [1.82, 2.24) is 0 Å². The molecule has 0 heterocycles.